The van der Waals surface area contributed by atoms with Crippen molar-refractivity contribution >= 4 is 15.9 Å². The lowest BCUT2D eigenvalue weighted by atomic mass is 9.91. The van der Waals surface area contributed by atoms with E-state index in [1.54, 1.807) is 0 Å². The number of nitrogens with zero attached hydrogens (tertiary/aromatic N) is 1. The molecule has 118 valence electrons. The Kier molecular flexibility index (Phi) is 5.80. The van der Waals surface area contributed by atoms with Crippen LogP contribution in [0.1, 0.15) is 31.4 Å². The molecule has 2 rings (SSSR count). The summed E-state index contributed by atoms with van der Waals surface area (Å²) in [6.45, 7) is 3.86. The number of aliphatic hydroxyl groups is 1. The predicted molar refractivity (Wildman–Crippen MR) is 88.2 cm³/mol. The molecule has 1 saturated heterocycles. The van der Waals surface area contributed by atoms with Gasteiger partial charge in [0.2, 0.25) is 0 Å². The molecule has 1 heterocycles. The molecule has 0 spiro atoms. The minimum atomic E-state index is -0.679. The van der Waals surface area contributed by atoms with E-state index in [0.717, 1.165) is 10.0 Å². The Labute approximate surface area is 135 Å². The SMILES string of the molecule is CC(N)C(c1ccccc1Br)N(C)CC1(O)CCOCC1. The smallest absolute Gasteiger partial charge is 0.0818 e. The van der Waals surface area contributed by atoms with Gasteiger partial charge in [-0.25, -0.2) is 0 Å². The summed E-state index contributed by atoms with van der Waals surface area (Å²) in [5.41, 5.74) is 6.70. The van der Waals surface area contributed by atoms with E-state index >= 15 is 0 Å². The number of hydrogen-bond donors (Lipinski definition) is 2. The summed E-state index contributed by atoms with van der Waals surface area (Å²) in [7, 11) is 2.03. The van der Waals surface area contributed by atoms with E-state index in [0.29, 0.717) is 32.6 Å². The summed E-state index contributed by atoms with van der Waals surface area (Å²) in [5.74, 6) is 0. The second-order valence-electron chi connectivity index (χ2n) is 6.08. The molecule has 2 unspecified atom stereocenters. The maximum atomic E-state index is 10.7. The van der Waals surface area contributed by atoms with Gasteiger partial charge in [0, 0.05) is 43.1 Å². The molecule has 4 nitrogen and oxygen atoms in total. The maximum absolute atomic E-state index is 10.7. The average molecular weight is 357 g/mol. The molecule has 1 aromatic carbocycles. The minimum Gasteiger partial charge on any atom is -0.388 e. The van der Waals surface area contributed by atoms with Crippen molar-refractivity contribution in [2.45, 2.75) is 37.5 Å². The molecule has 0 amide bonds. The van der Waals surface area contributed by atoms with Gasteiger partial charge in [-0.3, -0.25) is 4.90 Å². The number of hydrogen-bond acceptors (Lipinski definition) is 4. The van der Waals surface area contributed by atoms with Crippen molar-refractivity contribution in [2.24, 2.45) is 5.73 Å². The van der Waals surface area contributed by atoms with Crippen LogP contribution in [0.15, 0.2) is 28.7 Å². The summed E-state index contributed by atoms with van der Waals surface area (Å²) >= 11 is 3.61. The molecular formula is C16H25BrN2O2. The number of likely N-dealkylation sites (N-methyl/N-ethyl adjacent to an activating group) is 1. The third-order valence-electron chi connectivity index (χ3n) is 4.16. The Balaban J connectivity index is 2.16. The van der Waals surface area contributed by atoms with Gasteiger partial charge < -0.3 is 15.6 Å². The van der Waals surface area contributed by atoms with Gasteiger partial charge >= 0.3 is 0 Å². The van der Waals surface area contributed by atoms with Gasteiger partial charge in [-0.05, 0) is 25.6 Å². The Morgan fingerprint density at radius 1 is 1.38 bits per heavy atom. The normalized spacial score (nSPS) is 21.2. The van der Waals surface area contributed by atoms with Gasteiger partial charge in [0.05, 0.1) is 11.6 Å². The third-order valence-corrected chi connectivity index (χ3v) is 4.89. The number of halogens is 1. The van der Waals surface area contributed by atoms with E-state index in [1.807, 2.05) is 32.2 Å². The standard InChI is InChI=1S/C16H25BrN2O2/c1-12(18)15(13-5-3-4-6-14(13)17)19(2)11-16(20)7-9-21-10-8-16/h3-6,12,15,20H,7-11,18H2,1-2H3. The maximum Gasteiger partial charge on any atom is 0.0818 e. The second-order valence-corrected chi connectivity index (χ2v) is 6.93. The van der Waals surface area contributed by atoms with Crippen molar-refractivity contribution in [3.05, 3.63) is 34.3 Å². The number of benzene rings is 1. The number of ether oxygens (including phenoxy) is 1. The van der Waals surface area contributed by atoms with Crippen molar-refractivity contribution in [3.8, 4) is 0 Å². The first kappa shape index (κ1) is 16.9. The van der Waals surface area contributed by atoms with Crippen LogP contribution >= 0.6 is 15.9 Å². The summed E-state index contributed by atoms with van der Waals surface area (Å²) in [5, 5.41) is 10.7. The van der Waals surface area contributed by atoms with Crippen LogP contribution in [0.25, 0.3) is 0 Å². The summed E-state index contributed by atoms with van der Waals surface area (Å²) < 4.78 is 6.40. The molecule has 0 aromatic heterocycles. The zero-order chi connectivity index (χ0) is 15.5. The van der Waals surface area contributed by atoms with Crippen LogP contribution in [0, 0.1) is 0 Å². The molecule has 21 heavy (non-hydrogen) atoms. The lowest BCUT2D eigenvalue weighted by Crippen LogP contribution is -2.49. The Bertz CT molecular complexity index is 461. The van der Waals surface area contributed by atoms with Crippen molar-refractivity contribution in [2.75, 3.05) is 26.8 Å². The highest BCUT2D eigenvalue weighted by Crippen LogP contribution is 2.31. The highest BCUT2D eigenvalue weighted by Gasteiger charge is 2.34. The highest BCUT2D eigenvalue weighted by atomic mass is 79.9. The molecule has 5 heteroatoms. The van der Waals surface area contributed by atoms with Gasteiger partial charge in [0.1, 0.15) is 0 Å². The Morgan fingerprint density at radius 2 is 2.00 bits per heavy atom. The fourth-order valence-corrected chi connectivity index (χ4v) is 3.63. The average Bonchev–Trinajstić information content (AvgIpc) is 2.41. The van der Waals surface area contributed by atoms with E-state index in [2.05, 4.69) is 26.9 Å². The number of nitrogens with two attached hydrogens (primary N) is 1. The molecule has 0 aliphatic carbocycles. The van der Waals surface area contributed by atoms with Gasteiger partial charge in [-0.1, -0.05) is 34.1 Å². The van der Waals surface area contributed by atoms with E-state index in [-0.39, 0.29) is 12.1 Å². The Morgan fingerprint density at radius 3 is 2.57 bits per heavy atom. The summed E-state index contributed by atoms with van der Waals surface area (Å²) in [6, 6.07) is 8.17. The van der Waals surface area contributed by atoms with Crippen LogP contribution in [-0.4, -0.2) is 48.5 Å². The molecule has 1 aliphatic heterocycles. The first-order valence-electron chi connectivity index (χ1n) is 7.43. The van der Waals surface area contributed by atoms with Crippen molar-refractivity contribution in [1.82, 2.24) is 4.90 Å². The summed E-state index contributed by atoms with van der Waals surface area (Å²) in [4.78, 5) is 2.16. The van der Waals surface area contributed by atoms with Crippen molar-refractivity contribution < 1.29 is 9.84 Å². The van der Waals surface area contributed by atoms with Gasteiger partial charge in [0.15, 0.2) is 0 Å². The quantitative estimate of drug-likeness (QED) is 0.849. The zero-order valence-electron chi connectivity index (χ0n) is 12.8. The lowest BCUT2D eigenvalue weighted by Gasteiger charge is -2.40. The monoisotopic (exact) mass is 356 g/mol. The van der Waals surface area contributed by atoms with Gasteiger partial charge in [-0.15, -0.1) is 0 Å². The van der Waals surface area contributed by atoms with Crippen LogP contribution in [0.5, 0.6) is 0 Å². The molecule has 1 aliphatic rings. The third kappa shape index (κ3) is 4.27. The van der Waals surface area contributed by atoms with Crippen LogP contribution < -0.4 is 5.73 Å². The summed E-state index contributed by atoms with van der Waals surface area (Å²) in [6.07, 6.45) is 1.36. The fourth-order valence-electron chi connectivity index (χ4n) is 3.11. The first-order chi connectivity index (χ1) is 9.93. The van der Waals surface area contributed by atoms with E-state index in [9.17, 15) is 5.11 Å². The zero-order valence-corrected chi connectivity index (χ0v) is 14.3. The number of rotatable bonds is 5. The molecule has 1 fully saturated rings. The molecule has 3 N–H and O–H groups in total. The predicted octanol–water partition coefficient (Wildman–Crippen LogP) is 2.31. The Hall–Kier alpha value is -0.460. The van der Waals surface area contributed by atoms with E-state index in [4.69, 9.17) is 10.5 Å². The fraction of sp³-hybridized carbons (Fsp3) is 0.625. The lowest BCUT2D eigenvalue weighted by molar-refractivity contribution is -0.0824. The van der Waals surface area contributed by atoms with Crippen LogP contribution in [0.2, 0.25) is 0 Å². The van der Waals surface area contributed by atoms with Crippen LogP contribution in [0.3, 0.4) is 0 Å². The molecule has 2 atom stereocenters. The molecule has 1 aromatic rings. The van der Waals surface area contributed by atoms with Gasteiger partial charge in [-0.2, -0.15) is 0 Å². The molecular weight excluding hydrogens is 332 g/mol. The van der Waals surface area contributed by atoms with Crippen LogP contribution in [-0.2, 0) is 4.74 Å². The van der Waals surface area contributed by atoms with Crippen LogP contribution in [0.4, 0.5) is 0 Å². The molecule has 0 radical (unpaired) electrons. The highest BCUT2D eigenvalue weighted by molar-refractivity contribution is 9.10. The van der Waals surface area contributed by atoms with Crippen molar-refractivity contribution in [3.63, 3.8) is 0 Å². The largest absolute Gasteiger partial charge is 0.388 e. The minimum absolute atomic E-state index is 0.0304. The topological polar surface area (TPSA) is 58.7 Å². The second kappa shape index (κ2) is 7.20. The van der Waals surface area contributed by atoms with E-state index < -0.39 is 5.60 Å². The van der Waals surface area contributed by atoms with E-state index in [1.165, 1.54) is 0 Å². The first-order valence-corrected chi connectivity index (χ1v) is 8.23. The van der Waals surface area contributed by atoms with Gasteiger partial charge in [0.25, 0.3) is 0 Å². The molecule has 0 bridgehead atoms. The molecule has 0 saturated carbocycles. The van der Waals surface area contributed by atoms with Crippen molar-refractivity contribution in [1.29, 1.82) is 0 Å².